The molecule has 1 aromatic carbocycles. The Balaban J connectivity index is 1.66. The lowest BCUT2D eigenvalue weighted by molar-refractivity contribution is 0.332. The van der Waals surface area contributed by atoms with Crippen LogP contribution in [0.5, 0.6) is 0 Å². The average Bonchev–Trinajstić information content (AvgIpc) is 3.35. The van der Waals surface area contributed by atoms with Gasteiger partial charge < -0.3 is 4.42 Å². The van der Waals surface area contributed by atoms with Crippen LogP contribution in [0.1, 0.15) is 29.7 Å². The molecular formula is C17H15F2N3O3S2. The predicted molar refractivity (Wildman–Crippen MR) is 94.6 cm³/mol. The number of halogens is 2. The van der Waals surface area contributed by atoms with Gasteiger partial charge in [-0.25, -0.2) is 17.2 Å². The summed E-state index contributed by atoms with van der Waals surface area (Å²) in [6, 6.07) is 5.70. The third-order valence-electron chi connectivity index (χ3n) is 4.38. The van der Waals surface area contributed by atoms with Gasteiger partial charge in [0, 0.05) is 11.4 Å². The van der Waals surface area contributed by atoms with E-state index in [0.29, 0.717) is 24.8 Å². The third-order valence-corrected chi connectivity index (χ3v) is 7.27. The lowest BCUT2D eigenvalue weighted by Crippen LogP contribution is -2.31. The van der Waals surface area contributed by atoms with Gasteiger partial charge in [-0.1, -0.05) is 0 Å². The molecule has 4 rings (SSSR count). The summed E-state index contributed by atoms with van der Waals surface area (Å²) in [5.41, 5.74) is 0. The number of sulfonamides is 1. The summed E-state index contributed by atoms with van der Waals surface area (Å²) in [5, 5.41) is 8.04. The zero-order chi connectivity index (χ0) is 19.2. The molecule has 10 heteroatoms. The van der Waals surface area contributed by atoms with Crippen LogP contribution in [0.25, 0.3) is 10.8 Å². The number of hydrogen-bond acceptors (Lipinski definition) is 6. The lowest BCUT2D eigenvalue weighted by Gasteiger charge is -2.21. The molecule has 0 amide bonds. The van der Waals surface area contributed by atoms with Crippen molar-refractivity contribution in [3.8, 4) is 10.8 Å². The molecule has 0 aliphatic carbocycles. The molecule has 0 radical (unpaired) electrons. The van der Waals surface area contributed by atoms with Crippen LogP contribution in [0.4, 0.5) is 8.78 Å². The van der Waals surface area contributed by atoms with E-state index in [1.54, 1.807) is 0 Å². The maximum Gasteiger partial charge on any atom is 0.257 e. The van der Waals surface area contributed by atoms with Gasteiger partial charge in [-0.15, -0.1) is 21.5 Å². The van der Waals surface area contributed by atoms with Crippen molar-refractivity contribution in [1.82, 2.24) is 14.5 Å². The molecule has 6 nitrogen and oxygen atoms in total. The molecule has 3 heterocycles. The standard InChI is InChI=1S/C17H15F2N3O3S2/c1-10-4-7-15(26-10)17-21-20-16(25-17)14-3-2-8-22(14)27(23,24)11-5-6-12(18)13(19)9-11/h4-7,9,14H,2-3,8H2,1H3/t14-/m0/s1. The van der Waals surface area contributed by atoms with Gasteiger partial charge in [0.2, 0.25) is 15.9 Å². The average molecular weight is 411 g/mol. The first-order valence-corrected chi connectivity index (χ1v) is 10.5. The predicted octanol–water partition coefficient (Wildman–Crippen LogP) is 3.91. The number of aromatic nitrogens is 2. The minimum Gasteiger partial charge on any atom is -0.418 e. The highest BCUT2D eigenvalue weighted by Gasteiger charge is 2.39. The molecule has 1 aliphatic rings. The maximum absolute atomic E-state index is 13.5. The van der Waals surface area contributed by atoms with E-state index in [4.69, 9.17) is 4.42 Å². The monoisotopic (exact) mass is 411 g/mol. The molecule has 3 aromatic rings. The highest BCUT2D eigenvalue weighted by molar-refractivity contribution is 7.89. The first-order chi connectivity index (χ1) is 12.9. The van der Waals surface area contributed by atoms with Crippen LogP contribution in [0.3, 0.4) is 0 Å². The van der Waals surface area contributed by atoms with Gasteiger partial charge in [0.15, 0.2) is 11.6 Å². The molecule has 0 spiro atoms. The fourth-order valence-electron chi connectivity index (χ4n) is 3.07. The second-order valence-corrected chi connectivity index (χ2v) is 9.38. The second-order valence-electron chi connectivity index (χ2n) is 6.21. The van der Waals surface area contributed by atoms with Crippen molar-refractivity contribution in [3.63, 3.8) is 0 Å². The molecule has 1 atom stereocenters. The number of thiophene rings is 1. The van der Waals surface area contributed by atoms with E-state index in [-0.39, 0.29) is 17.3 Å². The van der Waals surface area contributed by atoms with Gasteiger partial charge >= 0.3 is 0 Å². The Morgan fingerprint density at radius 1 is 1.19 bits per heavy atom. The van der Waals surface area contributed by atoms with Crippen molar-refractivity contribution in [1.29, 1.82) is 0 Å². The van der Waals surface area contributed by atoms with Crippen molar-refractivity contribution in [2.24, 2.45) is 0 Å². The van der Waals surface area contributed by atoms with E-state index < -0.39 is 27.7 Å². The summed E-state index contributed by atoms with van der Waals surface area (Å²) in [6.07, 6.45) is 1.11. The number of hydrogen-bond donors (Lipinski definition) is 0. The van der Waals surface area contributed by atoms with Crippen LogP contribution in [0.2, 0.25) is 0 Å². The van der Waals surface area contributed by atoms with E-state index in [1.165, 1.54) is 15.6 Å². The Morgan fingerprint density at radius 3 is 2.70 bits per heavy atom. The van der Waals surface area contributed by atoms with E-state index in [2.05, 4.69) is 10.2 Å². The normalized spacial score (nSPS) is 18.3. The molecule has 1 fully saturated rings. The summed E-state index contributed by atoms with van der Waals surface area (Å²) in [7, 11) is -4.03. The largest absolute Gasteiger partial charge is 0.418 e. The molecule has 0 saturated carbocycles. The molecular weight excluding hydrogens is 396 g/mol. The molecule has 0 unspecified atom stereocenters. The molecule has 2 aromatic heterocycles. The van der Waals surface area contributed by atoms with Crippen molar-refractivity contribution < 1.29 is 21.6 Å². The van der Waals surface area contributed by atoms with Crippen molar-refractivity contribution in [2.45, 2.75) is 30.7 Å². The number of rotatable bonds is 4. The van der Waals surface area contributed by atoms with Crippen LogP contribution >= 0.6 is 11.3 Å². The summed E-state index contributed by atoms with van der Waals surface area (Å²) < 4.78 is 59.4. The highest BCUT2D eigenvalue weighted by atomic mass is 32.2. The van der Waals surface area contributed by atoms with Crippen molar-refractivity contribution in [2.75, 3.05) is 6.54 Å². The SMILES string of the molecule is Cc1ccc(-c2nnc([C@@H]3CCCN3S(=O)(=O)c3ccc(F)c(F)c3)o2)s1. The Kier molecular flexibility index (Phi) is 4.57. The minimum absolute atomic E-state index is 0.194. The van der Waals surface area contributed by atoms with Crippen LogP contribution in [-0.2, 0) is 10.0 Å². The second kappa shape index (κ2) is 6.77. The summed E-state index contributed by atoms with van der Waals surface area (Å²) >= 11 is 1.50. The Hall–Kier alpha value is -2.17. The molecule has 1 saturated heterocycles. The van der Waals surface area contributed by atoms with Gasteiger partial charge in [0.25, 0.3) is 5.89 Å². The topological polar surface area (TPSA) is 76.3 Å². The summed E-state index contributed by atoms with van der Waals surface area (Å²) in [6.45, 7) is 2.19. The zero-order valence-electron chi connectivity index (χ0n) is 14.2. The maximum atomic E-state index is 13.5. The van der Waals surface area contributed by atoms with Crippen LogP contribution in [0, 0.1) is 18.6 Å². The molecule has 142 valence electrons. The first-order valence-electron chi connectivity index (χ1n) is 8.23. The van der Waals surface area contributed by atoms with Gasteiger partial charge in [0.1, 0.15) is 6.04 Å². The lowest BCUT2D eigenvalue weighted by atomic mass is 10.2. The number of aryl methyl sites for hydroxylation is 1. The minimum atomic E-state index is -4.03. The van der Waals surface area contributed by atoms with Crippen LogP contribution < -0.4 is 0 Å². The Labute approximate surface area is 158 Å². The van der Waals surface area contributed by atoms with Gasteiger partial charge in [-0.2, -0.15) is 4.31 Å². The smallest absolute Gasteiger partial charge is 0.257 e. The third kappa shape index (κ3) is 3.28. The molecule has 0 bridgehead atoms. The van der Waals surface area contributed by atoms with Crippen LogP contribution in [0.15, 0.2) is 39.6 Å². The molecule has 27 heavy (non-hydrogen) atoms. The number of benzene rings is 1. The van der Waals surface area contributed by atoms with Gasteiger partial charge in [-0.05, 0) is 50.1 Å². The van der Waals surface area contributed by atoms with E-state index in [1.807, 2.05) is 19.1 Å². The molecule has 1 aliphatic heterocycles. The first kappa shape index (κ1) is 18.2. The van der Waals surface area contributed by atoms with E-state index in [0.717, 1.165) is 21.9 Å². The fourth-order valence-corrected chi connectivity index (χ4v) is 5.52. The summed E-state index contributed by atoms with van der Waals surface area (Å²) in [4.78, 5) is 1.59. The fraction of sp³-hybridized carbons (Fsp3) is 0.294. The Morgan fingerprint density at radius 2 is 2.00 bits per heavy atom. The highest BCUT2D eigenvalue weighted by Crippen LogP contribution is 2.37. The Bertz CT molecular complexity index is 1090. The zero-order valence-corrected chi connectivity index (χ0v) is 15.9. The molecule has 0 N–H and O–H groups in total. The van der Waals surface area contributed by atoms with E-state index in [9.17, 15) is 17.2 Å². The van der Waals surface area contributed by atoms with E-state index >= 15 is 0 Å². The van der Waals surface area contributed by atoms with Gasteiger partial charge in [-0.3, -0.25) is 0 Å². The van der Waals surface area contributed by atoms with Crippen molar-refractivity contribution in [3.05, 3.63) is 52.7 Å². The van der Waals surface area contributed by atoms with Gasteiger partial charge in [0.05, 0.1) is 9.77 Å². The quantitative estimate of drug-likeness (QED) is 0.651. The number of nitrogens with zero attached hydrogens (tertiary/aromatic N) is 3. The summed E-state index contributed by atoms with van der Waals surface area (Å²) in [5.74, 6) is -1.78. The van der Waals surface area contributed by atoms with Crippen molar-refractivity contribution >= 4 is 21.4 Å². The van der Waals surface area contributed by atoms with Crippen LogP contribution in [-0.4, -0.2) is 29.5 Å².